The highest BCUT2D eigenvalue weighted by molar-refractivity contribution is 5.82. The molecule has 2 amide bonds. The van der Waals surface area contributed by atoms with Gasteiger partial charge in [0.05, 0.1) is 12.6 Å². The number of methoxy groups -OCH3 is 1. The molecule has 2 aliphatic rings. The van der Waals surface area contributed by atoms with Crippen LogP contribution < -0.4 is 10.1 Å². The molecule has 2 fully saturated rings. The van der Waals surface area contributed by atoms with E-state index in [1.165, 1.54) is 0 Å². The zero-order valence-corrected chi connectivity index (χ0v) is 12.2. The summed E-state index contributed by atoms with van der Waals surface area (Å²) in [7, 11) is 1.64. The lowest BCUT2D eigenvalue weighted by molar-refractivity contribution is -0.121. The van der Waals surface area contributed by atoms with Crippen molar-refractivity contribution in [3.8, 4) is 5.75 Å². The molecule has 0 atom stereocenters. The van der Waals surface area contributed by atoms with Gasteiger partial charge in [0.15, 0.2) is 0 Å². The first kappa shape index (κ1) is 13.9. The third-order valence-corrected chi connectivity index (χ3v) is 4.45. The van der Waals surface area contributed by atoms with E-state index < -0.39 is 0 Å². The molecule has 3 rings (SSSR count). The van der Waals surface area contributed by atoms with Gasteiger partial charge in [0.25, 0.3) is 0 Å². The van der Waals surface area contributed by atoms with Crippen LogP contribution >= 0.6 is 0 Å². The van der Waals surface area contributed by atoms with Crippen LogP contribution in [0.25, 0.3) is 0 Å². The number of hydrogen-bond acceptors (Lipinski definition) is 3. The first-order chi connectivity index (χ1) is 10.1. The summed E-state index contributed by atoms with van der Waals surface area (Å²) >= 11 is 0. The minimum atomic E-state index is -0.197. The Morgan fingerprint density at radius 1 is 1.19 bits per heavy atom. The zero-order valence-electron chi connectivity index (χ0n) is 12.2. The number of nitrogens with one attached hydrogen (secondary N) is 1. The van der Waals surface area contributed by atoms with E-state index in [0.717, 1.165) is 24.2 Å². The van der Waals surface area contributed by atoms with Crippen molar-refractivity contribution in [1.82, 2.24) is 10.2 Å². The molecule has 1 aliphatic heterocycles. The maximum Gasteiger partial charge on any atom is 0.318 e. The summed E-state index contributed by atoms with van der Waals surface area (Å²) in [5, 5.41) is 3.09. The molecule has 1 spiro atoms. The van der Waals surface area contributed by atoms with Gasteiger partial charge in [-0.1, -0.05) is 12.1 Å². The molecule has 1 saturated heterocycles. The minimum absolute atomic E-state index is 0.0276. The van der Waals surface area contributed by atoms with E-state index in [-0.39, 0.29) is 11.6 Å². The number of nitrogens with zero attached hydrogens (tertiary/aromatic N) is 1. The monoisotopic (exact) mass is 288 g/mol. The number of carbonyl (C=O) groups excluding carboxylic acids is 2. The number of ether oxygens (including phenoxy) is 1. The van der Waals surface area contributed by atoms with Gasteiger partial charge in [-0.05, 0) is 30.5 Å². The Balaban J connectivity index is 1.66. The Labute approximate surface area is 124 Å². The summed E-state index contributed by atoms with van der Waals surface area (Å²) < 4.78 is 5.14. The lowest BCUT2D eigenvalue weighted by atomic mass is 9.82. The molecule has 1 aromatic rings. The number of benzene rings is 1. The van der Waals surface area contributed by atoms with Gasteiger partial charge in [-0.25, -0.2) is 4.79 Å². The smallest absolute Gasteiger partial charge is 0.318 e. The van der Waals surface area contributed by atoms with E-state index in [1.54, 1.807) is 7.11 Å². The van der Waals surface area contributed by atoms with Crippen molar-refractivity contribution >= 4 is 11.8 Å². The molecule has 5 nitrogen and oxygen atoms in total. The summed E-state index contributed by atoms with van der Waals surface area (Å²) in [5.41, 5.74) is 0.882. The third-order valence-electron chi connectivity index (χ3n) is 4.45. The molecule has 112 valence electrons. The lowest BCUT2D eigenvalue weighted by Crippen LogP contribution is -2.46. The van der Waals surface area contributed by atoms with E-state index in [2.05, 4.69) is 5.32 Å². The highest BCUT2D eigenvalue weighted by Crippen LogP contribution is 2.31. The number of amides is 2. The Morgan fingerprint density at radius 3 is 2.48 bits per heavy atom. The average Bonchev–Trinajstić information content (AvgIpc) is 2.79. The van der Waals surface area contributed by atoms with Crippen molar-refractivity contribution in [3.05, 3.63) is 29.8 Å². The van der Waals surface area contributed by atoms with E-state index in [4.69, 9.17) is 4.74 Å². The quantitative estimate of drug-likeness (QED) is 0.926. The molecule has 1 aromatic carbocycles. The lowest BCUT2D eigenvalue weighted by Gasteiger charge is -2.31. The van der Waals surface area contributed by atoms with Gasteiger partial charge in [-0.15, -0.1) is 0 Å². The van der Waals surface area contributed by atoms with Crippen LogP contribution in [-0.2, 0) is 11.3 Å². The van der Waals surface area contributed by atoms with Crippen LogP contribution in [-0.4, -0.2) is 35.9 Å². The van der Waals surface area contributed by atoms with Gasteiger partial charge in [-0.2, -0.15) is 0 Å². The van der Waals surface area contributed by atoms with Crippen molar-refractivity contribution in [3.63, 3.8) is 0 Å². The summed E-state index contributed by atoms with van der Waals surface area (Å²) in [6.45, 7) is 1.27. The highest BCUT2D eigenvalue weighted by atomic mass is 16.5. The van der Waals surface area contributed by atoms with Crippen LogP contribution in [0.1, 0.15) is 31.2 Å². The van der Waals surface area contributed by atoms with E-state index in [9.17, 15) is 9.59 Å². The SMILES string of the molecule is COc1ccc(CN2CC3(CCC(=O)CC3)NC2=O)cc1. The van der Waals surface area contributed by atoms with Crippen LogP contribution in [0.2, 0.25) is 0 Å². The molecule has 1 saturated carbocycles. The van der Waals surface area contributed by atoms with Gasteiger partial charge in [0.2, 0.25) is 0 Å². The largest absolute Gasteiger partial charge is 0.497 e. The molecule has 5 heteroatoms. The zero-order chi connectivity index (χ0) is 14.9. The summed E-state index contributed by atoms with van der Waals surface area (Å²) in [5.74, 6) is 1.12. The molecular formula is C16H20N2O3. The Morgan fingerprint density at radius 2 is 1.86 bits per heavy atom. The Kier molecular flexibility index (Phi) is 3.57. The number of ketones is 1. The molecule has 21 heavy (non-hydrogen) atoms. The molecule has 0 radical (unpaired) electrons. The molecule has 1 aliphatic carbocycles. The molecule has 0 unspecified atom stereocenters. The van der Waals surface area contributed by atoms with Crippen LogP contribution in [0.3, 0.4) is 0 Å². The van der Waals surface area contributed by atoms with Crippen LogP contribution in [0.4, 0.5) is 4.79 Å². The second kappa shape index (κ2) is 5.39. The molecule has 1 heterocycles. The summed E-state index contributed by atoms with van der Waals surface area (Å²) in [4.78, 5) is 25.4. The molecular weight excluding hydrogens is 268 g/mol. The molecule has 1 N–H and O–H groups in total. The van der Waals surface area contributed by atoms with Gasteiger partial charge in [0.1, 0.15) is 11.5 Å². The summed E-state index contributed by atoms with van der Waals surface area (Å²) in [6.07, 6.45) is 2.68. The maximum atomic E-state index is 12.2. The number of carbonyl (C=O) groups is 2. The summed E-state index contributed by atoms with van der Waals surface area (Å²) in [6, 6.07) is 7.72. The van der Waals surface area contributed by atoms with Gasteiger partial charge >= 0.3 is 6.03 Å². The molecule has 0 aromatic heterocycles. The second-order valence-corrected chi connectivity index (χ2v) is 5.95. The van der Waals surface area contributed by atoms with Crippen molar-refractivity contribution in [1.29, 1.82) is 0 Å². The standard InChI is InChI=1S/C16H20N2O3/c1-21-14-4-2-12(3-5-14)10-18-11-16(17-15(18)20)8-6-13(19)7-9-16/h2-5H,6-11H2,1H3,(H,17,20). The highest BCUT2D eigenvalue weighted by Gasteiger charge is 2.44. The van der Waals surface area contributed by atoms with Crippen LogP contribution in [0, 0.1) is 0 Å². The second-order valence-electron chi connectivity index (χ2n) is 5.95. The number of urea groups is 1. The predicted octanol–water partition coefficient (Wildman–Crippen LogP) is 2.10. The number of rotatable bonds is 3. The fraction of sp³-hybridized carbons (Fsp3) is 0.500. The van der Waals surface area contributed by atoms with Gasteiger partial charge in [-0.3, -0.25) is 4.79 Å². The van der Waals surface area contributed by atoms with Crippen molar-refractivity contribution in [2.45, 2.75) is 37.8 Å². The van der Waals surface area contributed by atoms with Crippen molar-refractivity contribution < 1.29 is 14.3 Å². The predicted molar refractivity (Wildman–Crippen MR) is 78.1 cm³/mol. The van der Waals surface area contributed by atoms with Gasteiger partial charge < -0.3 is 15.0 Å². The third kappa shape index (κ3) is 2.86. The fourth-order valence-electron chi connectivity index (χ4n) is 3.15. The van der Waals surface area contributed by atoms with E-state index in [0.29, 0.717) is 31.7 Å². The van der Waals surface area contributed by atoms with Crippen LogP contribution in [0.15, 0.2) is 24.3 Å². The van der Waals surface area contributed by atoms with Crippen LogP contribution in [0.5, 0.6) is 5.75 Å². The normalized spacial score (nSPS) is 20.7. The average molecular weight is 288 g/mol. The van der Waals surface area contributed by atoms with Crippen molar-refractivity contribution in [2.24, 2.45) is 0 Å². The first-order valence-corrected chi connectivity index (χ1v) is 7.32. The Hall–Kier alpha value is -2.04. The fourth-order valence-corrected chi connectivity index (χ4v) is 3.15. The maximum absolute atomic E-state index is 12.2. The van der Waals surface area contributed by atoms with E-state index >= 15 is 0 Å². The number of hydrogen-bond donors (Lipinski definition) is 1. The van der Waals surface area contributed by atoms with Gasteiger partial charge in [0, 0.05) is 25.9 Å². The number of Topliss-reactive ketones (excluding diaryl/α,β-unsaturated/α-hetero) is 1. The topological polar surface area (TPSA) is 58.6 Å². The van der Waals surface area contributed by atoms with Crippen molar-refractivity contribution in [2.75, 3.05) is 13.7 Å². The minimum Gasteiger partial charge on any atom is -0.497 e. The molecule has 0 bridgehead atoms. The first-order valence-electron chi connectivity index (χ1n) is 7.32. The van der Waals surface area contributed by atoms with E-state index in [1.807, 2.05) is 29.2 Å². The Bertz CT molecular complexity index is 543.